The molecular formula is C18H20N2O. The summed E-state index contributed by atoms with van der Waals surface area (Å²) < 4.78 is 0. The first-order valence-electron chi connectivity index (χ1n) is 7.16. The fourth-order valence-electron chi connectivity index (χ4n) is 2.41. The molecule has 0 bridgehead atoms. The molecule has 2 aromatic rings. The molecule has 0 saturated carbocycles. The van der Waals surface area contributed by atoms with Gasteiger partial charge in [0.2, 0.25) is 0 Å². The van der Waals surface area contributed by atoms with Crippen LogP contribution >= 0.6 is 0 Å². The van der Waals surface area contributed by atoms with Crippen molar-refractivity contribution < 1.29 is 5.11 Å². The van der Waals surface area contributed by atoms with Crippen molar-refractivity contribution >= 4 is 5.69 Å². The molecule has 0 radical (unpaired) electrons. The van der Waals surface area contributed by atoms with Crippen LogP contribution in [0.3, 0.4) is 0 Å². The van der Waals surface area contributed by atoms with Gasteiger partial charge in [0.25, 0.3) is 0 Å². The van der Waals surface area contributed by atoms with Gasteiger partial charge >= 0.3 is 0 Å². The summed E-state index contributed by atoms with van der Waals surface area (Å²) in [7, 11) is 0. The number of rotatable bonds is 5. The highest BCUT2D eigenvalue weighted by Gasteiger charge is 2.14. The van der Waals surface area contributed by atoms with Gasteiger partial charge in [-0.3, -0.25) is 0 Å². The fraction of sp³-hybridized carbons (Fsp3) is 0.278. The maximum Gasteiger partial charge on any atom is 0.0992 e. The minimum atomic E-state index is -0.558. The number of nitrogens with zero attached hydrogens (tertiary/aromatic N) is 2. The summed E-state index contributed by atoms with van der Waals surface area (Å²) in [5, 5.41) is 19.1. The summed E-state index contributed by atoms with van der Waals surface area (Å²) in [6.07, 6.45) is -0.558. The van der Waals surface area contributed by atoms with E-state index in [2.05, 4.69) is 30.0 Å². The highest BCUT2D eigenvalue weighted by atomic mass is 16.3. The van der Waals surface area contributed by atoms with Crippen LogP contribution in [0.25, 0.3) is 0 Å². The van der Waals surface area contributed by atoms with E-state index < -0.39 is 6.10 Å². The average Bonchev–Trinajstić information content (AvgIpc) is 2.52. The van der Waals surface area contributed by atoms with Crippen molar-refractivity contribution in [2.75, 3.05) is 11.4 Å². The summed E-state index contributed by atoms with van der Waals surface area (Å²) in [6, 6.07) is 17.8. The lowest BCUT2D eigenvalue weighted by Crippen LogP contribution is -2.23. The van der Waals surface area contributed by atoms with Gasteiger partial charge in [0, 0.05) is 24.3 Å². The van der Waals surface area contributed by atoms with E-state index in [1.807, 2.05) is 30.3 Å². The van der Waals surface area contributed by atoms with E-state index in [9.17, 15) is 5.11 Å². The zero-order chi connectivity index (χ0) is 15.2. The van der Waals surface area contributed by atoms with Crippen LogP contribution in [0.1, 0.15) is 36.6 Å². The molecule has 1 atom stereocenters. The van der Waals surface area contributed by atoms with E-state index in [1.54, 1.807) is 13.0 Å². The smallest absolute Gasteiger partial charge is 0.0992 e. The third-order valence-corrected chi connectivity index (χ3v) is 3.55. The number of anilines is 1. The van der Waals surface area contributed by atoms with E-state index in [0.29, 0.717) is 5.56 Å². The molecule has 108 valence electrons. The van der Waals surface area contributed by atoms with Gasteiger partial charge in [-0.2, -0.15) is 5.26 Å². The standard InChI is InChI=1S/C18H20N2O/c1-3-20(13-15-7-5-4-6-8-15)18-11-16(12-19)9-10-17(18)14(2)21/h4-11,14,21H,3,13H2,1-2H3. The van der Waals surface area contributed by atoms with E-state index in [4.69, 9.17) is 5.26 Å². The predicted molar refractivity (Wildman–Crippen MR) is 85.0 cm³/mol. The van der Waals surface area contributed by atoms with Crippen molar-refractivity contribution in [3.05, 3.63) is 65.2 Å². The maximum atomic E-state index is 9.97. The van der Waals surface area contributed by atoms with Crippen LogP contribution in [0.15, 0.2) is 48.5 Å². The largest absolute Gasteiger partial charge is 0.389 e. The number of aliphatic hydroxyl groups excluding tert-OH is 1. The van der Waals surface area contributed by atoms with Crippen LogP contribution in [0.4, 0.5) is 5.69 Å². The van der Waals surface area contributed by atoms with Crippen LogP contribution in [-0.4, -0.2) is 11.7 Å². The van der Waals surface area contributed by atoms with Crippen LogP contribution in [0.5, 0.6) is 0 Å². The zero-order valence-electron chi connectivity index (χ0n) is 12.5. The Labute approximate surface area is 126 Å². The van der Waals surface area contributed by atoms with Gasteiger partial charge in [-0.25, -0.2) is 0 Å². The second-order valence-corrected chi connectivity index (χ2v) is 5.06. The number of nitriles is 1. The van der Waals surface area contributed by atoms with Gasteiger partial charge in [0.15, 0.2) is 0 Å². The van der Waals surface area contributed by atoms with Crippen LogP contribution in [0, 0.1) is 11.3 Å². The highest BCUT2D eigenvalue weighted by molar-refractivity contribution is 5.58. The number of hydrogen-bond acceptors (Lipinski definition) is 3. The van der Waals surface area contributed by atoms with Gasteiger partial charge in [0.1, 0.15) is 0 Å². The molecule has 0 heterocycles. The van der Waals surface area contributed by atoms with Gasteiger partial charge in [-0.1, -0.05) is 36.4 Å². The highest BCUT2D eigenvalue weighted by Crippen LogP contribution is 2.28. The minimum Gasteiger partial charge on any atom is -0.389 e. The Morgan fingerprint density at radius 1 is 1.19 bits per heavy atom. The topological polar surface area (TPSA) is 47.3 Å². The molecule has 0 amide bonds. The van der Waals surface area contributed by atoms with Crippen molar-refractivity contribution in [1.82, 2.24) is 0 Å². The minimum absolute atomic E-state index is 0.558. The van der Waals surface area contributed by atoms with Gasteiger partial charge < -0.3 is 10.0 Å². The third-order valence-electron chi connectivity index (χ3n) is 3.55. The molecule has 1 unspecified atom stereocenters. The molecular weight excluding hydrogens is 260 g/mol. The Balaban J connectivity index is 2.39. The lowest BCUT2D eigenvalue weighted by molar-refractivity contribution is 0.199. The van der Waals surface area contributed by atoms with Crippen molar-refractivity contribution in [3.8, 4) is 6.07 Å². The Bertz CT molecular complexity index is 629. The Morgan fingerprint density at radius 2 is 1.90 bits per heavy atom. The predicted octanol–water partition coefficient (Wildman–Crippen LogP) is 3.64. The molecule has 0 saturated heterocycles. The molecule has 0 aliphatic carbocycles. The molecule has 2 rings (SSSR count). The molecule has 0 spiro atoms. The lowest BCUT2D eigenvalue weighted by Gasteiger charge is -2.27. The van der Waals surface area contributed by atoms with Crippen LogP contribution in [-0.2, 0) is 6.54 Å². The van der Waals surface area contributed by atoms with Crippen molar-refractivity contribution in [2.24, 2.45) is 0 Å². The van der Waals surface area contributed by atoms with Gasteiger partial charge in [-0.05, 0) is 31.5 Å². The second kappa shape index (κ2) is 6.92. The average molecular weight is 280 g/mol. The molecule has 2 aromatic carbocycles. The maximum absolute atomic E-state index is 9.97. The first-order valence-corrected chi connectivity index (χ1v) is 7.16. The van der Waals surface area contributed by atoms with Crippen LogP contribution in [0.2, 0.25) is 0 Å². The van der Waals surface area contributed by atoms with Crippen LogP contribution < -0.4 is 4.90 Å². The molecule has 0 aliphatic heterocycles. The fourth-order valence-corrected chi connectivity index (χ4v) is 2.41. The molecule has 3 nitrogen and oxygen atoms in total. The third kappa shape index (κ3) is 3.62. The summed E-state index contributed by atoms with van der Waals surface area (Å²) in [5.74, 6) is 0. The normalized spacial score (nSPS) is 11.7. The molecule has 0 aromatic heterocycles. The summed E-state index contributed by atoms with van der Waals surface area (Å²) in [5.41, 5.74) is 3.60. The number of benzene rings is 2. The zero-order valence-corrected chi connectivity index (χ0v) is 12.5. The summed E-state index contributed by atoms with van der Waals surface area (Å²) in [4.78, 5) is 2.18. The van der Waals surface area contributed by atoms with Crippen molar-refractivity contribution in [3.63, 3.8) is 0 Å². The molecule has 3 heteroatoms. The quantitative estimate of drug-likeness (QED) is 0.909. The lowest BCUT2D eigenvalue weighted by atomic mass is 10.0. The number of aliphatic hydroxyl groups is 1. The van der Waals surface area contributed by atoms with Gasteiger partial charge in [-0.15, -0.1) is 0 Å². The first-order chi connectivity index (χ1) is 10.2. The van der Waals surface area contributed by atoms with E-state index in [0.717, 1.165) is 24.3 Å². The van der Waals surface area contributed by atoms with Crippen molar-refractivity contribution in [2.45, 2.75) is 26.5 Å². The van der Waals surface area contributed by atoms with E-state index >= 15 is 0 Å². The van der Waals surface area contributed by atoms with E-state index in [-0.39, 0.29) is 0 Å². The van der Waals surface area contributed by atoms with Crippen molar-refractivity contribution in [1.29, 1.82) is 5.26 Å². The Kier molecular flexibility index (Phi) is 4.97. The van der Waals surface area contributed by atoms with E-state index in [1.165, 1.54) is 5.56 Å². The number of hydrogen-bond donors (Lipinski definition) is 1. The van der Waals surface area contributed by atoms with Gasteiger partial charge in [0.05, 0.1) is 17.7 Å². The molecule has 21 heavy (non-hydrogen) atoms. The SMILES string of the molecule is CCN(Cc1ccccc1)c1cc(C#N)ccc1C(C)O. The Morgan fingerprint density at radius 3 is 2.48 bits per heavy atom. The molecule has 1 N–H and O–H groups in total. The first kappa shape index (κ1) is 15.1. The summed E-state index contributed by atoms with van der Waals surface area (Å²) >= 11 is 0. The molecule has 0 aliphatic rings. The summed E-state index contributed by atoms with van der Waals surface area (Å²) in [6.45, 7) is 5.39. The Hall–Kier alpha value is -2.31. The molecule has 0 fully saturated rings. The monoisotopic (exact) mass is 280 g/mol. The second-order valence-electron chi connectivity index (χ2n) is 5.06.